The van der Waals surface area contributed by atoms with E-state index in [-0.39, 0.29) is 12.1 Å². The van der Waals surface area contributed by atoms with Crippen LogP contribution in [0.25, 0.3) is 0 Å². The van der Waals surface area contributed by atoms with Crippen LogP contribution in [0, 0.1) is 0 Å². The summed E-state index contributed by atoms with van der Waals surface area (Å²) in [5.74, 6) is -0.141. The number of esters is 1. The van der Waals surface area contributed by atoms with Gasteiger partial charge < -0.3 is 9.64 Å². The van der Waals surface area contributed by atoms with Crippen LogP contribution < -0.4 is 0 Å². The summed E-state index contributed by atoms with van der Waals surface area (Å²) in [5.41, 5.74) is 0. The molecule has 0 unspecified atom stereocenters. The molecule has 0 fully saturated rings. The van der Waals surface area contributed by atoms with Gasteiger partial charge in [-0.05, 0) is 54.5 Å². The predicted octanol–water partition coefficient (Wildman–Crippen LogP) is 0.822. The van der Waals surface area contributed by atoms with Crippen molar-refractivity contribution in [3.8, 4) is 0 Å². The molecule has 0 atom stereocenters. The number of ether oxygens (including phenoxy) is 1. The van der Waals surface area contributed by atoms with E-state index in [1.165, 1.54) is 0 Å². The summed E-state index contributed by atoms with van der Waals surface area (Å²) in [6.45, 7) is 6.08. The summed E-state index contributed by atoms with van der Waals surface area (Å²) in [6.07, 6.45) is 1.05. The Morgan fingerprint density at radius 3 is 2.27 bits per heavy atom. The number of hydrogen-bond donors (Lipinski definition) is 0. The first-order valence-corrected chi connectivity index (χ1v) is 5.44. The van der Waals surface area contributed by atoms with E-state index in [0.717, 1.165) is 19.5 Å². The van der Waals surface area contributed by atoms with Crippen LogP contribution >= 0.6 is 0 Å². The number of likely N-dealkylation sites (N-methyl/N-ethyl adjacent to an activating group) is 1. The first-order chi connectivity index (χ1) is 6.91. The first-order valence-electron chi connectivity index (χ1n) is 5.44. The topological polar surface area (TPSA) is 32.8 Å². The number of rotatable bonds is 7. The second-order valence-electron chi connectivity index (χ2n) is 4.43. The van der Waals surface area contributed by atoms with Gasteiger partial charge in [-0.15, -0.1) is 0 Å². The molecule has 0 spiro atoms. The molecule has 0 radical (unpaired) electrons. The van der Waals surface area contributed by atoms with Crippen LogP contribution in [0.5, 0.6) is 0 Å². The zero-order valence-electron chi connectivity index (χ0n) is 10.6. The molecule has 0 aromatic carbocycles. The molecule has 0 N–H and O–H groups in total. The van der Waals surface area contributed by atoms with Crippen molar-refractivity contribution < 1.29 is 9.53 Å². The van der Waals surface area contributed by atoms with Crippen molar-refractivity contribution in [2.24, 2.45) is 0 Å². The fourth-order valence-electron chi connectivity index (χ4n) is 1.26. The average Bonchev–Trinajstić information content (AvgIpc) is 2.00. The van der Waals surface area contributed by atoms with Gasteiger partial charge in [0.1, 0.15) is 0 Å². The van der Waals surface area contributed by atoms with Crippen LogP contribution in [0.1, 0.15) is 20.3 Å². The van der Waals surface area contributed by atoms with Crippen molar-refractivity contribution in [3.05, 3.63) is 0 Å². The molecule has 4 nitrogen and oxygen atoms in total. The molecule has 0 aromatic heterocycles. The molecule has 0 aliphatic rings. The fraction of sp³-hybridized carbons (Fsp3) is 0.909. The first kappa shape index (κ1) is 14.4. The maximum Gasteiger partial charge on any atom is 0.320 e. The third-order valence-corrected chi connectivity index (χ3v) is 1.91. The summed E-state index contributed by atoms with van der Waals surface area (Å²) in [7, 11) is 6.04. The third-order valence-electron chi connectivity index (χ3n) is 1.91. The molecule has 4 heteroatoms. The highest BCUT2D eigenvalue weighted by molar-refractivity contribution is 5.71. The Kier molecular flexibility index (Phi) is 7.34. The van der Waals surface area contributed by atoms with Gasteiger partial charge >= 0.3 is 5.97 Å². The van der Waals surface area contributed by atoms with E-state index in [1.54, 1.807) is 0 Å². The Morgan fingerprint density at radius 2 is 1.80 bits per heavy atom. The van der Waals surface area contributed by atoms with Gasteiger partial charge in [0.2, 0.25) is 0 Å². The van der Waals surface area contributed by atoms with E-state index >= 15 is 0 Å². The van der Waals surface area contributed by atoms with Gasteiger partial charge in [0.25, 0.3) is 0 Å². The van der Waals surface area contributed by atoms with E-state index in [0.29, 0.717) is 6.54 Å². The minimum Gasteiger partial charge on any atom is -0.462 e. The van der Waals surface area contributed by atoms with Gasteiger partial charge in [-0.2, -0.15) is 0 Å². The van der Waals surface area contributed by atoms with Crippen molar-refractivity contribution in [1.82, 2.24) is 9.80 Å². The monoisotopic (exact) mass is 216 g/mol. The summed E-state index contributed by atoms with van der Waals surface area (Å²) >= 11 is 0. The summed E-state index contributed by atoms with van der Waals surface area (Å²) in [6, 6.07) is 0. The number of hydrogen-bond acceptors (Lipinski definition) is 4. The summed E-state index contributed by atoms with van der Waals surface area (Å²) < 4.78 is 5.06. The molecule has 0 saturated heterocycles. The number of carbonyl (C=O) groups excluding carboxylic acids is 1. The van der Waals surface area contributed by atoms with Gasteiger partial charge in [-0.3, -0.25) is 9.69 Å². The third kappa shape index (κ3) is 9.69. The fourth-order valence-corrected chi connectivity index (χ4v) is 1.26. The van der Waals surface area contributed by atoms with Crippen molar-refractivity contribution >= 4 is 5.97 Å². The largest absolute Gasteiger partial charge is 0.462 e. The van der Waals surface area contributed by atoms with Crippen LogP contribution in [0.2, 0.25) is 0 Å². The Labute approximate surface area is 93.2 Å². The van der Waals surface area contributed by atoms with Gasteiger partial charge in [-0.25, -0.2) is 0 Å². The molecule has 0 rings (SSSR count). The highest BCUT2D eigenvalue weighted by Crippen LogP contribution is 1.93. The normalized spacial score (nSPS) is 11.5. The van der Waals surface area contributed by atoms with Crippen LogP contribution in [0.3, 0.4) is 0 Å². The zero-order valence-corrected chi connectivity index (χ0v) is 10.6. The summed E-state index contributed by atoms with van der Waals surface area (Å²) in [5, 5.41) is 0. The zero-order chi connectivity index (χ0) is 11.8. The molecule has 0 heterocycles. The number of nitrogens with zero attached hydrogens (tertiary/aromatic N) is 2. The van der Waals surface area contributed by atoms with Crippen LogP contribution in [0.15, 0.2) is 0 Å². The van der Waals surface area contributed by atoms with Crippen molar-refractivity contribution in [2.45, 2.75) is 26.4 Å². The molecule has 0 amide bonds. The Morgan fingerprint density at radius 1 is 1.20 bits per heavy atom. The Bertz CT molecular complexity index is 181. The standard InChI is InChI=1S/C11H24N2O2/c1-10(2)15-11(14)9-13(5)8-6-7-12(3)4/h10H,6-9H2,1-5H3. The van der Waals surface area contributed by atoms with E-state index in [2.05, 4.69) is 4.90 Å². The minimum atomic E-state index is -0.141. The molecule has 0 bridgehead atoms. The minimum absolute atomic E-state index is 0.0207. The van der Waals surface area contributed by atoms with Crippen LogP contribution in [-0.4, -0.2) is 62.7 Å². The highest BCUT2D eigenvalue weighted by Gasteiger charge is 2.08. The molecule has 0 aromatic rings. The quantitative estimate of drug-likeness (QED) is 0.590. The molecule has 0 aliphatic heterocycles. The lowest BCUT2D eigenvalue weighted by atomic mass is 10.3. The summed E-state index contributed by atoms with van der Waals surface area (Å²) in [4.78, 5) is 15.4. The van der Waals surface area contributed by atoms with E-state index in [4.69, 9.17) is 4.74 Å². The maximum absolute atomic E-state index is 11.3. The molecular formula is C11H24N2O2. The van der Waals surface area contributed by atoms with Crippen molar-refractivity contribution in [3.63, 3.8) is 0 Å². The molecule has 90 valence electrons. The lowest BCUT2D eigenvalue weighted by Gasteiger charge is -2.18. The molecule has 0 aliphatic carbocycles. The lowest BCUT2D eigenvalue weighted by Crippen LogP contribution is -2.31. The predicted molar refractivity (Wildman–Crippen MR) is 61.9 cm³/mol. The van der Waals surface area contributed by atoms with Crippen LogP contribution in [-0.2, 0) is 9.53 Å². The van der Waals surface area contributed by atoms with E-state index in [9.17, 15) is 4.79 Å². The molecule has 0 saturated carbocycles. The molecule has 15 heavy (non-hydrogen) atoms. The smallest absolute Gasteiger partial charge is 0.320 e. The average molecular weight is 216 g/mol. The van der Waals surface area contributed by atoms with Gasteiger partial charge in [-0.1, -0.05) is 0 Å². The van der Waals surface area contributed by atoms with E-state index in [1.807, 2.05) is 39.9 Å². The van der Waals surface area contributed by atoms with Crippen molar-refractivity contribution in [1.29, 1.82) is 0 Å². The lowest BCUT2D eigenvalue weighted by molar-refractivity contribution is -0.148. The second kappa shape index (κ2) is 7.65. The van der Waals surface area contributed by atoms with Crippen molar-refractivity contribution in [2.75, 3.05) is 40.8 Å². The molecular weight excluding hydrogens is 192 g/mol. The van der Waals surface area contributed by atoms with Crippen LogP contribution in [0.4, 0.5) is 0 Å². The van der Waals surface area contributed by atoms with Gasteiger partial charge in [0, 0.05) is 0 Å². The van der Waals surface area contributed by atoms with E-state index < -0.39 is 0 Å². The number of carbonyl (C=O) groups is 1. The maximum atomic E-state index is 11.3. The Balaban J connectivity index is 3.55. The Hall–Kier alpha value is -0.610. The second-order valence-corrected chi connectivity index (χ2v) is 4.43. The van der Waals surface area contributed by atoms with Gasteiger partial charge in [0.05, 0.1) is 12.6 Å². The highest BCUT2D eigenvalue weighted by atomic mass is 16.5. The van der Waals surface area contributed by atoms with Gasteiger partial charge in [0.15, 0.2) is 0 Å². The SMILES string of the molecule is CC(C)OC(=O)CN(C)CCCN(C)C.